The van der Waals surface area contributed by atoms with E-state index < -0.39 is 0 Å². The van der Waals surface area contributed by atoms with Gasteiger partial charge in [-0.2, -0.15) is 0 Å². The van der Waals surface area contributed by atoms with E-state index in [1.54, 1.807) is 0 Å². The molecule has 0 spiro atoms. The minimum Gasteiger partial charge on any atom is -0.368 e. The maximum Gasteiger partial charge on any atom is 0.224 e. The molecule has 0 radical (unpaired) electrons. The van der Waals surface area contributed by atoms with Gasteiger partial charge in [-0.1, -0.05) is 23.7 Å². The molecule has 3 rings (SSSR count). The zero-order valence-corrected chi connectivity index (χ0v) is 12.9. The molecule has 0 bridgehead atoms. The predicted octanol–water partition coefficient (Wildman–Crippen LogP) is 2.03. The first-order valence-electron chi connectivity index (χ1n) is 7.74. The van der Waals surface area contributed by atoms with E-state index in [0.717, 1.165) is 56.2 Å². The lowest BCUT2D eigenvalue weighted by Crippen LogP contribution is -2.49. The minimum absolute atomic E-state index is 0.140. The fourth-order valence-corrected chi connectivity index (χ4v) is 3.47. The second-order valence-corrected chi connectivity index (χ2v) is 6.34. The Kier molecular flexibility index (Phi) is 4.66. The first-order valence-corrected chi connectivity index (χ1v) is 8.12. The van der Waals surface area contributed by atoms with Crippen LogP contribution in [0.15, 0.2) is 24.3 Å². The average Bonchev–Trinajstić information content (AvgIpc) is 3.02. The fraction of sp³-hybridized carbons (Fsp3) is 0.562. The summed E-state index contributed by atoms with van der Waals surface area (Å²) < 4.78 is 0. The number of para-hydroxylation sites is 1. The van der Waals surface area contributed by atoms with Crippen LogP contribution in [0.3, 0.4) is 0 Å². The van der Waals surface area contributed by atoms with E-state index in [1.807, 2.05) is 24.3 Å². The largest absolute Gasteiger partial charge is 0.368 e. The Bertz CT molecular complexity index is 502. The van der Waals surface area contributed by atoms with Crippen LogP contribution >= 0.6 is 11.6 Å². The van der Waals surface area contributed by atoms with Gasteiger partial charge in [-0.05, 0) is 37.9 Å². The van der Waals surface area contributed by atoms with Crippen LogP contribution in [0.1, 0.15) is 19.3 Å². The minimum atomic E-state index is 0.140. The molecule has 114 valence electrons. The van der Waals surface area contributed by atoms with E-state index in [1.165, 1.54) is 0 Å². The third kappa shape index (κ3) is 3.50. The highest BCUT2D eigenvalue weighted by molar-refractivity contribution is 6.33. The molecule has 0 aromatic heterocycles. The number of rotatable bonds is 3. The van der Waals surface area contributed by atoms with Gasteiger partial charge in [-0.3, -0.25) is 4.79 Å². The molecule has 2 aliphatic rings. The van der Waals surface area contributed by atoms with Gasteiger partial charge in [-0.15, -0.1) is 0 Å². The second kappa shape index (κ2) is 6.67. The van der Waals surface area contributed by atoms with Gasteiger partial charge in [0.15, 0.2) is 0 Å². The zero-order valence-electron chi connectivity index (χ0n) is 12.1. The Labute approximate surface area is 130 Å². The number of piperidine rings is 1. The Balaban J connectivity index is 1.60. The van der Waals surface area contributed by atoms with Gasteiger partial charge < -0.3 is 15.5 Å². The van der Waals surface area contributed by atoms with Crippen LogP contribution in [0, 0.1) is 5.92 Å². The molecule has 5 heteroatoms. The summed E-state index contributed by atoms with van der Waals surface area (Å²) in [4.78, 5) is 14.5. The van der Waals surface area contributed by atoms with Gasteiger partial charge in [0.2, 0.25) is 5.91 Å². The predicted molar refractivity (Wildman–Crippen MR) is 85.8 cm³/mol. The van der Waals surface area contributed by atoms with Gasteiger partial charge in [0.05, 0.1) is 16.6 Å². The Morgan fingerprint density at radius 3 is 2.95 bits per heavy atom. The number of amides is 1. The summed E-state index contributed by atoms with van der Waals surface area (Å²) in [5.74, 6) is 0.340. The van der Waals surface area contributed by atoms with Crippen molar-refractivity contribution in [3.63, 3.8) is 0 Å². The molecule has 2 atom stereocenters. The van der Waals surface area contributed by atoms with E-state index in [4.69, 9.17) is 11.6 Å². The highest BCUT2D eigenvalue weighted by atomic mass is 35.5. The lowest BCUT2D eigenvalue weighted by Gasteiger charge is -2.35. The Morgan fingerprint density at radius 1 is 1.33 bits per heavy atom. The molecule has 0 aliphatic carbocycles. The maximum atomic E-state index is 12.2. The van der Waals surface area contributed by atoms with Gasteiger partial charge in [0, 0.05) is 25.7 Å². The summed E-state index contributed by atoms with van der Waals surface area (Å²) >= 11 is 6.28. The summed E-state index contributed by atoms with van der Waals surface area (Å²) in [6.07, 6.45) is 3.08. The van der Waals surface area contributed by atoms with Crippen molar-refractivity contribution in [3.8, 4) is 0 Å². The van der Waals surface area contributed by atoms with Gasteiger partial charge in [-0.25, -0.2) is 0 Å². The van der Waals surface area contributed by atoms with Crippen molar-refractivity contribution in [1.82, 2.24) is 10.6 Å². The first-order chi connectivity index (χ1) is 10.2. The number of carbonyl (C=O) groups is 1. The monoisotopic (exact) mass is 307 g/mol. The Hall–Kier alpha value is -1.26. The number of carbonyl (C=O) groups excluding carboxylic acids is 1. The summed E-state index contributed by atoms with van der Waals surface area (Å²) in [6.45, 7) is 3.61. The number of hydrogen-bond donors (Lipinski definition) is 2. The number of halogens is 1. The summed E-state index contributed by atoms with van der Waals surface area (Å²) in [5, 5.41) is 7.24. The summed E-state index contributed by atoms with van der Waals surface area (Å²) in [5.41, 5.74) is 1.07. The van der Waals surface area contributed by atoms with E-state index in [0.29, 0.717) is 0 Å². The highest BCUT2D eigenvalue weighted by Gasteiger charge is 2.27. The molecule has 2 heterocycles. The third-order valence-electron chi connectivity index (χ3n) is 4.39. The van der Waals surface area contributed by atoms with Crippen molar-refractivity contribution in [1.29, 1.82) is 0 Å². The molecule has 2 N–H and O–H groups in total. The normalized spacial score (nSPS) is 25.9. The van der Waals surface area contributed by atoms with Crippen molar-refractivity contribution >= 4 is 23.2 Å². The number of benzene rings is 1. The smallest absolute Gasteiger partial charge is 0.224 e. The molecule has 1 amide bonds. The number of nitrogens with one attached hydrogen (secondary N) is 2. The van der Waals surface area contributed by atoms with Gasteiger partial charge in [0.25, 0.3) is 0 Å². The topological polar surface area (TPSA) is 44.4 Å². The van der Waals surface area contributed by atoms with Gasteiger partial charge in [0.1, 0.15) is 0 Å². The molecule has 0 saturated carbocycles. The lowest BCUT2D eigenvalue weighted by molar-refractivity contribution is -0.125. The third-order valence-corrected chi connectivity index (χ3v) is 4.71. The van der Waals surface area contributed by atoms with Crippen LogP contribution in [0.2, 0.25) is 5.02 Å². The van der Waals surface area contributed by atoms with E-state index >= 15 is 0 Å². The number of anilines is 1. The standard InChI is InChI=1S/C16H22ClN3O/c17-14-5-1-2-6-15(14)20-9-3-4-13(11-20)19-16(21)12-7-8-18-10-12/h1-2,5-6,12-13,18H,3-4,7-11H2,(H,19,21). The fourth-order valence-electron chi connectivity index (χ4n) is 3.22. The number of hydrogen-bond acceptors (Lipinski definition) is 3. The molecular formula is C16H22ClN3O. The quantitative estimate of drug-likeness (QED) is 0.898. The second-order valence-electron chi connectivity index (χ2n) is 5.93. The number of nitrogens with zero attached hydrogens (tertiary/aromatic N) is 1. The van der Waals surface area contributed by atoms with Crippen molar-refractivity contribution < 1.29 is 4.79 Å². The molecule has 4 nitrogen and oxygen atoms in total. The zero-order chi connectivity index (χ0) is 14.7. The van der Waals surface area contributed by atoms with Crippen molar-refractivity contribution in [2.45, 2.75) is 25.3 Å². The Morgan fingerprint density at radius 2 is 2.19 bits per heavy atom. The van der Waals surface area contributed by atoms with Crippen LogP contribution < -0.4 is 15.5 Å². The highest BCUT2D eigenvalue weighted by Crippen LogP contribution is 2.27. The maximum absolute atomic E-state index is 12.2. The van der Waals surface area contributed by atoms with E-state index in [9.17, 15) is 4.79 Å². The molecule has 2 unspecified atom stereocenters. The van der Waals surface area contributed by atoms with Crippen molar-refractivity contribution in [2.24, 2.45) is 5.92 Å². The van der Waals surface area contributed by atoms with Crippen LogP contribution in [0.4, 0.5) is 5.69 Å². The van der Waals surface area contributed by atoms with Crippen LogP contribution in [-0.2, 0) is 4.79 Å². The molecule has 2 aliphatic heterocycles. The van der Waals surface area contributed by atoms with E-state index in [-0.39, 0.29) is 17.9 Å². The van der Waals surface area contributed by atoms with Crippen molar-refractivity contribution in [3.05, 3.63) is 29.3 Å². The van der Waals surface area contributed by atoms with Crippen molar-refractivity contribution in [2.75, 3.05) is 31.1 Å². The molecule has 2 fully saturated rings. The molecular weight excluding hydrogens is 286 g/mol. The van der Waals surface area contributed by atoms with E-state index in [2.05, 4.69) is 15.5 Å². The average molecular weight is 308 g/mol. The van der Waals surface area contributed by atoms with Crippen LogP contribution in [-0.4, -0.2) is 38.1 Å². The van der Waals surface area contributed by atoms with Crippen LogP contribution in [0.5, 0.6) is 0 Å². The molecule has 21 heavy (non-hydrogen) atoms. The summed E-state index contributed by atoms with van der Waals surface area (Å²) in [7, 11) is 0. The first kappa shape index (κ1) is 14.7. The van der Waals surface area contributed by atoms with Gasteiger partial charge >= 0.3 is 0 Å². The van der Waals surface area contributed by atoms with Crippen LogP contribution in [0.25, 0.3) is 0 Å². The molecule has 1 aromatic carbocycles. The lowest BCUT2D eigenvalue weighted by atomic mass is 10.0. The summed E-state index contributed by atoms with van der Waals surface area (Å²) in [6, 6.07) is 8.15. The molecule has 1 aromatic rings. The SMILES string of the molecule is O=C(NC1CCCN(c2ccccc2Cl)C1)C1CCNC1. The molecule has 2 saturated heterocycles.